The van der Waals surface area contributed by atoms with Crippen LogP contribution in [-0.4, -0.2) is 28.6 Å². The van der Waals surface area contributed by atoms with Crippen molar-refractivity contribution >= 4 is 23.8 Å². The molecule has 0 fully saturated rings. The third-order valence-corrected chi connectivity index (χ3v) is 4.10. The van der Waals surface area contributed by atoms with E-state index in [0.717, 1.165) is 0 Å². The predicted molar refractivity (Wildman–Crippen MR) is 116 cm³/mol. The van der Waals surface area contributed by atoms with E-state index in [1.54, 1.807) is 42.5 Å². The lowest BCUT2D eigenvalue weighted by atomic mass is 10.2. The highest BCUT2D eigenvalue weighted by molar-refractivity contribution is 6.31. The summed E-state index contributed by atoms with van der Waals surface area (Å²) in [6.07, 6.45) is 2.84. The lowest BCUT2D eigenvalue weighted by Gasteiger charge is -2.13. The minimum absolute atomic E-state index is 0.102. The SMILES string of the molecule is CCOc1cc(C=NN=C(N)N)ccc1Oc1cnn(-c2ccccc2)c(=O)c1Cl. The Morgan fingerprint density at radius 2 is 1.93 bits per heavy atom. The van der Waals surface area contributed by atoms with Crippen molar-refractivity contribution in [3.8, 4) is 22.9 Å². The highest BCUT2D eigenvalue weighted by atomic mass is 35.5. The molecule has 0 amide bonds. The number of nitrogens with zero attached hydrogens (tertiary/aromatic N) is 4. The van der Waals surface area contributed by atoms with E-state index in [1.807, 2.05) is 13.0 Å². The van der Waals surface area contributed by atoms with Crippen LogP contribution in [0.3, 0.4) is 0 Å². The second-order valence-corrected chi connectivity index (χ2v) is 6.26. The molecule has 4 N–H and O–H groups in total. The van der Waals surface area contributed by atoms with Crippen LogP contribution in [0.2, 0.25) is 5.02 Å². The maximum Gasteiger partial charge on any atom is 0.294 e. The number of halogens is 1. The fourth-order valence-corrected chi connectivity index (χ4v) is 2.65. The second kappa shape index (κ2) is 9.57. The average molecular weight is 427 g/mol. The molecule has 0 atom stereocenters. The lowest BCUT2D eigenvalue weighted by Crippen LogP contribution is -2.21. The Hall–Kier alpha value is -3.85. The molecular formula is C20H19ClN6O3. The van der Waals surface area contributed by atoms with Crippen molar-refractivity contribution in [2.45, 2.75) is 6.92 Å². The number of aromatic nitrogens is 2. The molecule has 1 heterocycles. The third-order valence-electron chi connectivity index (χ3n) is 3.76. The molecule has 154 valence electrons. The van der Waals surface area contributed by atoms with Gasteiger partial charge in [-0.15, -0.1) is 5.10 Å². The smallest absolute Gasteiger partial charge is 0.294 e. The summed E-state index contributed by atoms with van der Waals surface area (Å²) in [6.45, 7) is 2.23. The normalized spacial score (nSPS) is 10.7. The summed E-state index contributed by atoms with van der Waals surface area (Å²) in [7, 11) is 0. The third kappa shape index (κ3) is 4.95. The van der Waals surface area contributed by atoms with Gasteiger partial charge in [0.15, 0.2) is 22.3 Å². The van der Waals surface area contributed by atoms with Gasteiger partial charge in [0.05, 0.1) is 24.7 Å². The van der Waals surface area contributed by atoms with Gasteiger partial charge in [0.1, 0.15) is 0 Å². The van der Waals surface area contributed by atoms with Crippen molar-refractivity contribution in [1.29, 1.82) is 0 Å². The van der Waals surface area contributed by atoms with Gasteiger partial charge in [0.2, 0.25) is 5.96 Å². The molecule has 0 radical (unpaired) electrons. The predicted octanol–water partition coefficient (Wildman–Crippen LogP) is 2.68. The first-order valence-electron chi connectivity index (χ1n) is 8.89. The summed E-state index contributed by atoms with van der Waals surface area (Å²) in [6, 6.07) is 14.0. The molecule has 3 aromatic rings. The quantitative estimate of drug-likeness (QED) is 0.339. The minimum Gasteiger partial charge on any atom is -0.490 e. The van der Waals surface area contributed by atoms with E-state index in [9.17, 15) is 4.79 Å². The maximum absolute atomic E-state index is 12.6. The van der Waals surface area contributed by atoms with Crippen LogP contribution in [0, 0.1) is 0 Å². The van der Waals surface area contributed by atoms with Crippen LogP contribution in [0.4, 0.5) is 0 Å². The number of hydrogen-bond acceptors (Lipinski definition) is 6. The number of para-hydroxylation sites is 1. The Labute approximate surface area is 177 Å². The number of hydrogen-bond donors (Lipinski definition) is 2. The first-order valence-corrected chi connectivity index (χ1v) is 9.27. The largest absolute Gasteiger partial charge is 0.490 e. The van der Waals surface area contributed by atoms with Crippen molar-refractivity contribution in [3.05, 3.63) is 75.7 Å². The molecule has 0 bridgehead atoms. The highest BCUT2D eigenvalue weighted by Crippen LogP contribution is 2.34. The van der Waals surface area contributed by atoms with E-state index in [-0.39, 0.29) is 16.7 Å². The lowest BCUT2D eigenvalue weighted by molar-refractivity contribution is 0.321. The Balaban J connectivity index is 1.92. The van der Waals surface area contributed by atoms with Crippen LogP contribution in [-0.2, 0) is 0 Å². The summed E-state index contributed by atoms with van der Waals surface area (Å²) in [5.74, 6) is 0.742. The second-order valence-electron chi connectivity index (χ2n) is 5.89. The van der Waals surface area contributed by atoms with Crippen LogP contribution >= 0.6 is 11.6 Å². The Bertz CT molecular complexity index is 1140. The first kappa shape index (κ1) is 20.9. The summed E-state index contributed by atoms with van der Waals surface area (Å²) in [5, 5.41) is 11.4. The van der Waals surface area contributed by atoms with E-state index in [4.69, 9.17) is 32.5 Å². The van der Waals surface area contributed by atoms with Crippen LogP contribution in [0.5, 0.6) is 17.2 Å². The van der Waals surface area contributed by atoms with Crippen molar-refractivity contribution in [3.63, 3.8) is 0 Å². The van der Waals surface area contributed by atoms with E-state index < -0.39 is 5.56 Å². The summed E-state index contributed by atoms with van der Waals surface area (Å²) >= 11 is 6.26. The number of benzene rings is 2. The van der Waals surface area contributed by atoms with Gasteiger partial charge in [-0.2, -0.15) is 14.9 Å². The molecule has 0 spiro atoms. The fraction of sp³-hybridized carbons (Fsp3) is 0.100. The molecule has 9 nitrogen and oxygen atoms in total. The number of guanidine groups is 1. The number of nitrogens with two attached hydrogens (primary N) is 2. The zero-order valence-electron chi connectivity index (χ0n) is 16.0. The molecule has 30 heavy (non-hydrogen) atoms. The standard InChI is InChI=1S/C20H19ClN6O3/c1-2-29-16-10-13(11-24-26-20(22)23)8-9-15(16)30-17-12-25-27(19(28)18(17)21)14-6-4-3-5-7-14/h3-12H,2H2,1H3,(H4,22,23,26). The maximum atomic E-state index is 12.6. The molecule has 2 aromatic carbocycles. The van der Waals surface area contributed by atoms with Gasteiger partial charge in [0, 0.05) is 0 Å². The van der Waals surface area contributed by atoms with Crippen molar-refractivity contribution in [1.82, 2.24) is 9.78 Å². The Morgan fingerprint density at radius 1 is 1.17 bits per heavy atom. The van der Waals surface area contributed by atoms with E-state index in [0.29, 0.717) is 29.4 Å². The number of ether oxygens (including phenoxy) is 2. The zero-order valence-corrected chi connectivity index (χ0v) is 16.8. The van der Waals surface area contributed by atoms with Gasteiger partial charge < -0.3 is 20.9 Å². The van der Waals surface area contributed by atoms with Gasteiger partial charge in [-0.3, -0.25) is 4.79 Å². The van der Waals surface area contributed by atoms with Crippen LogP contribution in [0.25, 0.3) is 5.69 Å². The molecule has 0 aliphatic carbocycles. The summed E-state index contributed by atoms with van der Waals surface area (Å²) in [4.78, 5) is 12.6. The van der Waals surface area contributed by atoms with Crippen molar-refractivity contribution in [2.24, 2.45) is 21.7 Å². The molecular weight excluding hydrogens is 408 g/mol. The molecule has 0 saturated heterocycles. The monoisotopic (exact) mass is 426 g/mol. The molecule has 0 saturated carbocycles. The van der Waals surface area contributed by atoms with Crippen molar-refractivity contribution < 1.29 is 9.47 Å². The summed E-state index contributed by atoms with van der Waals surface area (Å²) < 4.78 is 12.6. The van der Waals surface area contributed by atoms with Gasteiger partial charge in [0.25, 0.3) is 5.56 Å². The van der Waals surface area contributed by atoms with Gasteiger partial charge >= 0.3 is 0 Å². The van der Waals surface area contributed by atoms with Gasteiger partial charge in [-0.05, 0) is 42.8 Å². The molecule has 0 unspecified atom stereocenters. The topological polar surface area (TPSA) is 130 Å². The summed E-state index contributed by atoms with van der Waals surface area (Å²) in [5.41, 5.74) is 11.3. The zero-order chi connectivity index (χ0) is 21.5. The van der Waals surface area contributed by atoms with Crippen LogP contribution in [0.15, 0.2) is 69.7 Å². The molecule has 0 aliphatic rings. The van der Waals surface area contributed by atoms with E-state index >= 15 is 0 Å². The average Bonchev–Trinajstić information content (AvgIpc) is 2.74. The molecule has 1 aromatic heterocycles. The van der Waals surface area contributed by atoms with Crippen LogP contribution < -0.4 is 26.5 Å². The van der Waals surface area contributed by atoms with Gasteiger partial charge in [-0.25, -0.2) is 0 Å². The molecule has 3 rings (SSSR count). The molecule has 10 heteroatoms. The fourth-order valence-electron chi connectivity index (χ4n) is 2.48. The first-order chi connectivity index (χ1) is 14.5. The Morgan fingerprint density at radius 3 is 2.63 bits per heavy atom. The molecule has 0 aliphatic heterocycles. The highest BCUT2D eigenvalue weighted by Gasteiger charge is 2.15. The van der Waals surface area contributed by atoms with Crippen molar-refractivity contribution in [2.75, 3.05) is 6.61 Å². The van der Waals surface area contributed by atoms with Gasteiger partial charge in [-0.1, -0.05) is 29.8 Å². The van der Waals surface area contributed by atoms with E-state index in [2.05, 4.69) is 15.3 Å². The number of rotatable bonds is 7. The minimum atomic E-state index is -0.501. The Kier molecular flexibility index (Phi) is 6.66. The van der Waals surface area contributed by atoms with Crippen LogP contribution in [0.1, 0.15) is 12.5 Å². The van der Waals surface area contributed by atoms with E-state index in [1.165, 1.54) is 17.1 Å².